The summed E-state index contributed by atoms with van der Waals surface area (Å²) in [7, 11) is 0. The summed E-state index contributed by atoms with van der Waals surface area (Å²) in [5, 5.41) is 12.5. The molecular weight excluding hydrogens is 470 g/mol. The number of hydrogen-bond acceptors (Lipinski definition) is 8. The monoisotopic (exact) mass is 491 g/mol. The van der Waals surface area contributed by atoms with E-state index in [2.05, 4.69) is 30.8 Å². The quantitative estimate of drug-likeness (QED) is 0.463. The number of hydrogen-bond donors (Lipinski definition) is 3. The molecule has 3 N–H and O–H groups in total. The van der Waals surface area contributed by atoms with Crippen LogP contribution in [-0.2, 0) is 20.9 Å². The average molecular weight is 492 g/mol. The van der Waals surface area contributed by atoms with Crippen LogP contribution in [0.25, 0.3) is 0 Å². The minimum absolute atomic E-state index is 0.0122. The van der Waals surface area contributed by atoms with Gasteiger partial charge in [-0.05, 0) is 31.2 Å². The zero-order valence-corrected chi connectivity index (χ0v) is 19.5. The molecule has 1 unspecified atom stereocenters. The summed E-state index contributed by atoms with van der Waals surface area (Å²) >= 11 is 1.12. The number of anilines is 1. The number of fused-ring (bicyclic) bond motifs is 3. The first-order valence-corrected chi connectivity index (χ1v) is 11.8. The molecule has 0 bridgehead atoms. The fourth-order valence-electron chi connectivity index (χ4n) is 3.67. The van der Waals surface area contributed by atoms with Crippen LogP contribution in [0.3, 0.4) is 0 Å². The number of para-hydroxylation sites is 1. The van der Waals surface area contributed by atoms with Crippen molar-refractivity contribution in [3.63, 3.8) is 0 Å². The van der Waals surface area contributed by atoms with Gasteiger partial charge in [-0.15, -0.1) is 0 Å². The van der Waals surface area contributed by atoms with Crippen LogP contribution in [0.5, 0.6) is 0 Å². The summed E-state index contributed by atoms with van der Waals surface area (Å²) < 4.78 is 5.22. The number of aliphatic imine (C=N–C) groups is 2. The standard InChI is InChI=1S/C23H21N7O4S/c1-13-9-18(29-28-13)27-20(32)12-35-23-26-16-7-3-2-6-15(16)21-25-17(22(33)30(21)23)10-19(31)24-11-14-5-4-8-34-14/h2-9,17H,10-12H2,1H3,(H,24,31)(H2,27,28,29,32). The topological polar surface area (TPSA) is 145 Å². The van der Waals surface area contributed by atoms with E-state index in [1.807, 2.05) is 31.2 Å². The zero-order valence-electron chi connectivity index (χ0n) is 18.6. The van der Waals surface area contributed by atoms with Gasteiger partial charge in [-0.2, -0.15) is 5.10 Å². The fourth-order valence-corrected chi connectivity index (χ4v) is 4.47. The van der Waals surface area contributed by atoms with E-state index in [1.165, 1.54) is 11.2 Å². The molecule has 2 aliphatic rings. The van der Waals surface area contributed by atoms with Gasteiger partial charge in [-0.25, -0.2) is 9.89 Å². The van der Waals surface area contributed by atoms with Crippen LogP contribution in [0.4, 0.5) is 11.5 Å². The van der Waals surface area contributed by atoms with Crippen molar-refractivity contribution in [3.05, 3.63) is 65.7 Å². The third-order valence-corrected chi connectivity index (χ3v) is 6.21. The second-order valence-corrected chi connectivity index (χ2v) is 8.83. The number of furan rings is 1. The minimum Gasteiger partial charge on any atom is -0.467 e. The van der Waals surface area contributed by atoms with Crippen molar-refractivity contribution in [2.75, 3.05) is 11.1 Å². The van der Waals surface area contributed by atoms with Gasteiger partial charge in [0.1, 0.15) is 17.6 Å². The molecule has 178 valence electrons. The number of aryl methyl sites for hydroxylation is 1. The van der Waals surface area contributed by atoms with Crippen LogP contribution in [0.2, 0.25) is 0 Å². The molecule has 0 aliphatic carbocycles. The van der Waals surface area contributed by atoms with Gasteiger partial charge in [-0.3, -0.25) is 24.5 Å². The Hall–Kier alpha value is -4.19. The maximum Gasteiger partial charge on any atom is 0.259 e. The summed E-state index contributed by atoms with van der Waals surface area (Å²) in [5.41, 5.74) is 2.16. The molecule has 1 atom stereocenters. The Morgan fingerprint density at radius 1 is 1.20 bits per heavy atom. The predicted octanol–water partition coefficient (Wildman–Crippen LogP) is 2.35. The molecule has 11 nitrogen and oxygen atoms in total. The number of aromatic amines is 1. The summed E-state index contributed by atoms with van der Waals surface area (Å²) in [6.07, 6.45) is 1.41. The Kier molecular flexibility index (Phi) is 6.19. The highest BCUT2D eigenvalue weighted by atomic mass is 32.2. The molecule has 0 radical (unpaired) electrons. The van der Waals surface area contributed by atoms with E-state index in [1.54, 1.807) is 18.2 Å². The van der Waals surface area contributed by atoms with Gasteiger partial charge in [0.2, 0.25) is 11.8 Å². The largest absolute Gasteiger partial charge is 0.467 e. The lowest BCUT2D eigenvalue weighted by Gasteiger charge is -2.25. The molecule has 2 aliphatic heterocycles. The van der Waals surface area contributed by atoms with E-state index in [0.717, 1.165) is 17.5 Å². The summed E-state index contributed by atoms with van der Waals surface area (Å²) in [6.45, 7) is 2.06. The van der Waals surface area contributed by atoms with Gasteiger partial charge in [0.05, 0.1) is 30.7 Å². The van der Waals surface area contributed by atoms with Gasteiger partial charge in [0.15, 0.2) is 11.0 Å². The molecule has 0 saturated heterocycles. The van der Waals surface area contributed by atoms with Crippen LogP contribution in [-0.4, -0.2) is 55.6 Å². The maximum absolute atomic E-state index is 13.3. The van der Waals surface area contributed by atoms with Gasteiger partial charge in [-0.1, -0.05) is 23.9 Å². The van der Waals surface area contributed by atoms with Crippen molar-refractivity contribution in [2.45, 2.75) is 25.9 Å². The van der Waals surface area contributed by atoms with Gasteiger partial charge < -0.3 is 15.1 Å². The lowest BCUT2D eigenvalue weighted by molar-refractivity contribution is -0.128. The molecule has 0 saturated carbocycles. The first-order chi connectivity index (χ1) is 17.0. The van der Waals surface area contributed by atoms with Crippen molar-refractivity contribution in [3.8, 4) is 0 Å². The number of aromatic nitrogens is 2. The van der Waals surface area contributed by atoms with Crippen molar-refractivity contribution in [2.24, 2.45) is 9.98 Å². The summed E-state index contributed by atoms with van der Waals surface area (Å²) in [4.78, 5) is 48.7. The highest BCUT2D eigenvalue weighted by Crippen LogP contribution is 2.34. The van der Waals surface area contributed by atoms with Crippen LogP contribution in [0.15, 0.2) is 63.1 Å². The first-order valence-electron chi connectivity index (χ1n) is 10.8. The third kappa shape index (κ3) is 4.87. The number of amidine groups is 2. The summed E-state index contributed by atoms with van der Waals surface area (Å²) in [5.74, 6) is 0.497. The number of thioether (sulfide) groups is 1. The van der Waals surface area contributed by atoms with E-state index in [0.29, 0.717) is 33.8 Å². The number of nitrogens with zero attached hydrogens (tertiary/aromatic N) is 4. The Morgan fingerprint density at radius 2 is 2.06 bits per heavy atom. The second kappa shape index (κ2) is 9.58. The maximum atomic E-state index is 13.3. The number of H-pyrrole nitrogens is 1. The lowest BCUT2D eigenvalue weighted by atomic mass is 10.1. The molecular formula is C23H21N7O4S. The van der Waals surface area contributed by atoms with E-state index >= 15 is 0 Å². The fraction of sp³-hybridized carbons (Fsp3) is 0.217. The molecule has 1 aromatic carbocycles. The van der Waals surface area contributed by atoms with Crippen molar-refractivity contribution in [1.82, 2.24) is 20.4 Å². The number of amides is 3. The molecule has 3 amide bonds. The van der Waals surface area contributed by atoms with Gasteiger partial charge >= 0.3 is 0 Å². The number of carbonyl (C=O) groups excluding carboxylic acids is 3. The van der Waals surface area contributed by atoms with Crippen LogP contribution in [0.1, 0.15) is 23.4 Å². The Balaban J connectivity index is 1.29. The molecule has 2 aromatic heterocycles. The van der Waals surface area contributed by atoms with Gasteiger partial charge in [0, 0.05) is 17.3 Å². The van der Waals surface area contributed by atoms with Crippen molar-refractivity contribution >= 4 is 52.0 Å². The Bertz CT molecular complexity index is 1350. The number of benzene rings is 1. The second-order valence-electron chi connectivity index (χ2n) is 7.89. The SMILES string of the molecule is Cc1cc(NC(=O)CSC2=Nc3ccccc3C3=NC(CC(=O)NCc4ccco4)C(=O)N23)n[nH]1. The van der Waals surface area contributed by atoms with Crippen molar-refractivity contribution < 1.29 is 18.8 Å². The van der Waals surface area contributed by atoms with Crippen molar-refractivity contribution in [1.29, 1.82) is 0 Å². The molecule has 0 fully saturated rings. The average Bonchev–Trinajstić information content (AvgIpc) is 3.58. The van der Waals surface area contributed by atoms with E-state index in [9.17, 15) is 14.4 Å². The Morgan fingerprint density at radius 3 is 2.83 bits per heavy atom. The van der Waals surface area contributed by atoms with E-state index in [-0.39, 0.29) is 36.4 Å². The molecule has 4 heterocycles. The van der Waals surface area contributed by atoms with Crippen LogP contribution < -0.4 is 10.6 Å². The zero-order chi connectivity index (χ0) is 24.4. The molecule has 35 heavy (non-hydrogen) atoms. The highest BCUT2D eigenvalue weighted by molar-refractivity contribution is 8.14. The van der Waals surface area contributed by atoms with Gasteiger partial charge in [0.25, 0.3) is 5.91 Å². The van der Waals surface area contributed by atoms with E-state index in [4.69, 9.17) is 4.42 Å². The lowest BCUT2D eigenvalue weighted by Crippen LogP contribution is -2.42. The smallest absolute Gasteiger partial charge is 0.259 e. The number of carbonyl (C=O) groups is 3. The normalized spacial score (nSPS) is 16.3. The minimum atomic E-state index is -0.889. The number of rotatable bonds is 7. The van der Waals surface area contributed by atoms with E-state index < -0.39 is 6.04 Å². The molecule has 5 rings (SSSR count). The third-order valence-electron chi connectivity index (χ3n) is 5.27. The highest BCUT2D eigenvalue weighted by Gasteiger charge is 2.42. The Labute approximate surface area is 204 Å². The summed E-state index contributed by atoms with van der Waals surface area (Å²) in [6, 6.07) is 11.6. The molecule has 12 heteroatoms. The molecule has 0 spiro atoms. The van der Waals surface area contributed by atoms with Crippen LogP contribution >= 0.6 is 11.8 Å². The predicted molar refractivity (Wildman–Crippen MR) is 130 cm³/mol. The molecule has 3 aromatic rings. The number of nitrogens with one attached hydrogen (secondary N) is 3. The first kappa shape index (κ1) is 22.6. The van der Waals surface area contributed by atoms with Crippen LogP contribution in [0, 0.1) is 6.92 Å².